The van der Waals surface area contributed by atoms with Crippen LogP contribution in [-0.4, -0.2) is 44.3 Å². The van der Waals surface area contributed by atoms with Gasteiger partial charge in [-0.1, -0.05) is 6.08 Å². The van der Waals surface area contributed by atoms with Crippen molar-refractivity contribution < 1.29 is 19.0 Å². The molecule has 0 aliphatic carbocycles. The third-order valence-electron chi connectivity index (χ3n) is 4.13. The van der Waals surface area contributed by atoms with E-state index in [0.29, 0.717) is 34.9 Å². The molecule has 3 rings (SSSR count). The van der Waals surface area contributed by atoms with Gasteiger partial charge in [0.2, 0.25) is 0 Å². The minimum Gasteiger partial charge on any atom is -0.494 e. The van der Waals surface area contributed by atoms with E-state index in [1.54, 1.807) is 24.3 Å². The first-order valence-corrected chi connectivity index (χ1v) is 8.71. The molecule has 0 aliphatic heterocycles. The molecule has 9 heteroatoms. The highest BCUT2D eigenvalue weighted by Crippen LogP contribution is 2.27. The number of carbonyl (C=O) groups is 1. The zero-order valence-electron chi connectivity index (χ0n) is 15.7. The number of aromatic nitrogens is 4. The molecule has 0 bridgehead atoms. The molecule has 1 aromatic carbocycles. The van der Waals surface area contributed by atoms with Gasteiger partial charge >= 0.3 is 6.09 Å². The Morgan fingerprint density at radius 3 is 2.82 bits per heavy atom. The third-order valence-corrected chi connectivity index (χ3v) is 4.13. The van der Waals surface area contributed by atoms with Crippen molar-refractivity contribution in [3.8, 4) is 11.4 Å². The predicted molar refractivity (Wildman–Crippen MR) is 102 cm³/mol. The molecule has 3 aromatic rings. The summed E-state index contributed by atoms with van der Waals surface area (Å²) < 4.78 is 21.5. The van der Waals surface area contributed by atoms with E-state index in [-0.39, 0.29) is 6.54 Å². The Morgan fingerprint density at radius 2 is 2.14 bits per heavy atom. The van der Waals surface area contributed by atoms with Crippen LogP contribution in [0, 0.1) is 19.7 Å². The molecular weight excluding hydrogens is 365 g/mol. The molecule has 28 heavy (non-hydrogen) atoms. The van der Waals surface area contributed by atoms with Crippen LogP contribution in [0.3, 0.4) is 0 Å². The van der Waals surface area contributed by atoms with Gasteiger partial charge in [0.05, 0.1) is 18.0 Å². The second kappa shape index (κ2) is 8.03. The number of halogens is 1. The molecule has 1 amide bonds. The minimum absolute atomic E-state index is 0.125. The molecule has 2 aromatic heterocycles. The van der Waals surface area contributed by atoms with Gasteiger partial charge in [-0.3, -0.25) is 0 Å². The molecule has 0 saturated carbocycles. The molecule has 0 saturated heterocycles. The van der Waals surface area contributed by atoms with Gasteiger partial charge < -0.3 is 15.2 Å². The van der Waals surface area contributed by atoms with E-state index in [0.717, 1.165) is 11.1 Å². The van der Waals surface area contributed by atoms with Crippen LogP contribution >= 0.6 is 0 Å². The standard InChI is InChI=1S/C19H20FN5O3/c1-4-28-13-7-8-16(14(20)10-13)25-12(3)17-11(2)22-23-15(18(17)24-25)6-5-9-21-19(26)27/h5-8,10,21H,4,9H2,1-3H3,(H,26,27). The summed E-state index contributed by atoms with van der Waals surface area (Å²) in [7, 11) is 0. The van der Waals surface area contributed by atoms with Crippen LogP contribution in [0.4, 0.5) is 9.18 Å². The maximum Gasteiger partial charge on any atom is 0.404 e. The van der Waals surface area contributed by atoms with Crippen molar-refractivity contribution >= 4 is 23.1 Å². The largest absolute Gasteiger partial charge is 0.494 e. The van der Waals surface area contributed by atoms with Gasteiger partial charge in [-0.2, -0.15) is 10.2 Å². The van der Waals surface area contributed by atoms with Gasteiger partial charge in [0.1, 0.15) is 22.6 Å². The topological polar surface area (TPSA) is 102 Å². The summed E-state index contributed by atoms with van der Waals surface area (Å²) >= 11 is 0. The van der Waals surface area contributed by atoms with Crippen LogP contribution in [0.2, 0.25) is 0 Å². The Hall–Kier alpha value is -3.49. The Kier molecular flexibility index (Phi) is 5.53. The Balaban J connectivity index is 2.06. The molecule has 8 nitrogen and oxygen atoms in total. The Bertz CT molecular complexity index is 1060. The molecular formula is C19H20FN5O3. The second-order valence-electron chi connectivity index (χ2n) is 6.03. The van der Waals surface area contributed by atoms with Gasteiger partial charge in [0.15, 0.2) is 5.82 Å². The quantitative estimate of drug-likeness (QED) is 0.675. The summed E-state index contributed by atoms with van der Waals surface area (Å²) in [5, 5.41) is 24.5. The van der Waals surface area contributed by atoms with Crippen LogP contribution in [-0.2, 0) is 0 Å². The van der Waals surface area contributed by atoms with Gasteiger partial charge in [-0.25, -0.2) is 13.9 Å². The number of hydrogen-bond acceptors (Lipinski definition) is 5. The number of benzene rings is 1. The summed E-state index contributed by atoms with van der Waals surface area (Å²) in [5.74, 6) is -0.00430. The lowest BCUT2D eigenvalue weighted by Gasteiger charge is -2.08. The van der Waals surface area contributed by atoms with Crippen LogP contribution in [0.15, 0.2) is 24.3 Å². The van der Waals surface area contributed by atoms with Crippen LogP contribution in [0.25, 0.3) is 22.7 Å². The summed E-state index contributed by atoms with van der Waals surface area (Å²) in [4.78, 5) is 10.5. The van der Waals surface area contributed by atoms with E-state index < -0.39 is 11.9 Å². The number of nitrogens with zero attached hydrogens (tertiary/aromatic N) is 4. The molecule has 2 N–H and O–H groups in total. The number of rotatable bonds is 6. The van der Waals surface area contributed by atoms with E-state index in [1.165, 1.54) is 10.7 Å². The third kappa shape index (κ3) is 3.78. The molecule has 0 atom stereocenters. The fraction of sp³-hybridized carbons (Fsp3) is 0.263. The number of fused-ring (bicyclic) bond motifs is 1. The van der Waals surface area contributed by atoms with Crippen molar-refractivity contribution in [2.45, 2.75) is 20.8 Å². The first kappa shape index (κ1) is 19.3. The normalized spacial score (nSPS) is 11.3. The zero-order chi connectivity index (χ0) is 20.3. The summed E-state index contributed by atoms with van der Waals surface area (Å²) in [6, 6.07) is 4.63. The van der Waals surface area contributed by atoms with E-state index in [1.807, 2.05) is 20.8 Å². The number of carboxylic acid groups (broad SMARTS) is 1. The molecule has 0 fully saturated rings. The van der Waals surface area contributed by atoms with Crippen molar-refractivity contribution in [3.05, 3.63) is 47.2 Å². The van der Waals surface area contributed by atoms with Crippen LogP contribution in [0.1, 0.15) is 24.0 Å². The van der Waals surface area contributed by atoms with Gasteiger partial charge in [0.25, 0.3) is 0 Å². The molecule has 0 unspecified atom stereocenters. The fourth-order valence-corrected chi connectivity index (χ4v) is 2.92. The summed E-state index contributed by atoms with van der Waals surface area (Å²) in [6.45, 7) is 6.05. The second-order valence-corrected chi connectivity index (χ2v) is 6.03. The van der Waals surface area contributed by atoms with Gasteiger partial charge in [-0.05, 0) is 39.0 Å². The number of hydrogen-bond donors (Lipinski definition) is 2. The lowest BCUT2D eigenvalue weighted by molar-refractivity contribution is 0.195. The lowest BCUT2D eigenvalue weighted by atomic mass is 10.2. The van der Waals surface area contributed by atoms with Crippen molar-refractivity contribution in [1.82, 2.24) is 25.3 Å². The average Bonchev–Trinajstić information content (AvgIpc) is 2.99. The number of ether oxygens (including phenoxy) is 1. The van der Waals surface area contributed by atoms with Crippen molar-refractivity contribution in [2.24, 2.45) is 0 Å². The summed E-state index contributed by atoms with van der Waals surface area (Å²) in [5.41, 5.74) is 2.72. The van der Waals surface area contributed by atoms with E-state index in [9.17, 15) is 9.18 Å². The monoisotopic (exact) mass is 385 g/mol. The highest BCUT2D eigenvalue weighted by molar-refractivity contribution is 5.89. The van der Waals surface area contributed by atoms with Crippen LogP contribution < -0.4 is 10.1 Å². The maximum absolute atomic E-state index is 14.6. The van der Waals surface area contributed by atoms with Crippen LogP contribution in [0.5, 0.6) is 5.75 Å². The molecule has 2 heterocycles. The van der Waals surface area contributed by atoms with Crippen molar-refractivity contribution in [1.29, 1.82) is 0 Å². The highest BCUT2D eigenvalue weighted by atomic mass is 19.1. The smallest absolute Gasteiger partial charge is 0.404 e. The highest BCUT2D eigenvalue weighted by Gasteiger charge is 2.18. The fourth-order valence-electron chi connectivity index (χ4n) is 2.92. The Morgan fingerprint density at radius 1 is 1.36 bits per heavy atom. The molecule has 0 radical (unpaired) electrons. The van der Waals surface area contributed by atoms with Crippen molar-refractivity contribution in [2.75, 3.05) is 13.2 Å². The molecule has 146 valence electrons. The first-order valence-electron chi connectivity index (χ1n) is 8.71. The SMILES string of the molecule is CCOc1ccc(-n2nc3c(C=CCNC(=O)O)nnc(C)c3c2C)c(F)c1. The van der Waals surface area contributed by atoms with Crippen molar-refractivity contribution in [3.63, 3.8) is 0 Å². The van der Waals surface area contributed by atoms with E-state index in [2.05, 4.69) is 20.6 Å². The summed E-state index contributed by atoms with van der Waals surface area (Å²) in [6.07, 6.45) is 2.13. The first-order chi connectivity index (χ1) is 13.4. The lowest BCUT2D eigenvalue weighted by Crippen LogP contribution is -2.20. The Labute approximate surface area is 160 Å². The van der Waals surface area contributed by atoms with E-state index >= 15 is 0 Å². The van der Waals surface area contributed by atoms with E-state index in [4.69, 9.17) is 9.84 Å². The van der Waals surface area contributed by atoms with Gasteiger partial charge in [0, 0.05) is 18.0 Å². The predicted octanol–water partition coefficient (Wildman–Crippen LogP) is 3.25. The molecule has 0 spiro atoms. The number of aryl methyl sites for hydroxylation is 2. The minimum atomic E-state index is -1.11. The van der Waals surface area contributed by atoms with Gasteiger partial charge in [-0.15, -0.1) is 5.10 Å². The average molecular weight is 385 g/mol. The molecule has 0 aliphatic rings. The maximum atomic E-state index is 14.6. The number of amides is 1. The number of nitrogens with one attached hydrogen (secondary N) is 1. The zero-order valence-corrected chi connectivity index (χ0v) is 15.7.